The molecule has 2 N–H and O–H groups in total. The summed E-state index contributed by atoms with van der Waals surface area (Å²) in [6, 6.07) is 17.8. The van der Waals surface area contributed by atoms with Gasteiger partial charge in [0.05, 0.1) is 5.69 Å². The Labute approximate surface area is 158 Å². The van der Waals surface area contributed by atoms with Crippen LogP contribution < -0.4 is 11.3 Å². The van der Waals surface area contributed by atoms with Crippen LogP contribution in [-0.2, 0) is 6.54 Å². The maximum Gasteiger partial charge on any atom is 0.258 e. The number of likely N-dealkylation sites (tertiary alicyclic amines) is 1. The van der Waals surface area contributed by atoms with Crippen molar-refractivity contribution in [2.75, 3.05) is 19.6 Å². The van der Waals surface area contributed by atoms with Gasteiger partial charge in [0, 0.05) is 37.8 Å². The lowest BCUT2D eigenvalue weighted by Gasteiger charge is -2.16. The monoisotopic (exact) mass is 370 g/mol. The molecule has 1 aromatic carbocycles. The van der Waals surface area contributed by atoms with Gasteiger partial charge in [0.2, 0.25) is 0 Å². The summed E-state index contributed by atoms with van der Waals surface area (Å²) in [5, 5.41) is 0. The highest BCUT2D eigenvalue weighted by Gasteiger charge is 2.32. The van der Waals surface area contributed by atoms with Crippen molar-refractivity contribution in [1.82, 2.24) is 14.3 Å². The number of hydrogen-bond donors (Lipinski definition) is 1. The highest BCUT2D eigenvalue weighted by Crippen LogP contribution is 2.32. The molecule has 136 valence electrons. The number of rotatable bonds is 4. The average molecular weight is 371 g/mol. The van der Waals surface area contributed by atoms with E-state index in [1.807, 2.05) is 24.3 Å². The van der Waals surface area contributed by atoms with E-state index in [4.69, 9.17) is 5.73 Å². The van der Waals surface area contributed by atoms with Gasteiger partial charge in [-0.05, 0) is 30.2 Å². The maximum atomic E-state index is 12.3. The first-order chi connectivity index (χ1) is 12.2. The van der Waals surface area contributed by atoms with Gasteiger partial charge in [0.15, 0.2) is 0 Å². The molecule has 2 aromatic heterocycles. The molecule has 0 spiro atoms. The first-order valence-electron chi connectivity index (χ1n) is 8.69. The Morgan fingerprint density at radius 2 is 1.85 bits per heavy atom. The molecule has 1 aliphatic heterocycles. The number of nitrogens with zero attached hydrogens (tertiary/aromatic N) is 3. The van der Waals surface area contributed by atoms with Gasteiger partial charge in [0.25, 0.3) is 5.56 Å². The van der Waals surface area contributed by atoms with Crippen LogP contribution in [0.4, 0.5) is 0 Å². The second-order valence-corrected chi connectivity index (χ2v) is 6.72. The number of pyridine rings is 1. The fourth-order valence-electron chi connectivity index (χ4n) is 3.82. The normalized spacial score (nSPS) is 20.2. The standard InChI is InChI=1S/C20H22N4O.ClH/c21-11-16-12-23(14-18(16)15-6-2-1-3-7-15)13-17-10-20(25)24-9-5-4-8-19(24)22-17;/h1-10,16,18H,11-14,21H2;1H/t16-,18+;/m1./s1. The van der Waals surface area contributed by atoms with E-state index in [2.05, 4.69) is 34.1 Å². The third kappa shape index (κ3) is 3.65. The fourth-order valence-corrected chi connectivity index (χ4v) is 3.82. The van der Waals surface area contributed by atoms with Crippen molar-refractivity contribution < 1.29 is 0 Å². The molecule has 0 radical (unpaired) electrons. The predicted molar refractivity (Wildman–Crippen MR) is 106 cm³/mol. The molecule has 1 aliphatic rings. The molecule has 2 atom stereocenters. The predicted octanol–water partition coefficient (Wildman–Crippen LogP) is 2.29. The van der Waals surface area contributed by atoms with Crippen LogP contribution in [0.2, 0.25) is 0 Å². The molecule has 3 aromatic rings. The molecular weight excluding hydrogens is 348 g/mol. The summed E-state index contributed by atoms with van der Waals surface area (Å²) in [6.45, 7) is 3.23. The number of fused-ring (bicyclic) bond motifs is 1. The van der Waals surface area contributed by atoms with Crippen LogP contribution in [0.1, 0.15) is 17.2 Å². The van der Waals surface area contributed by atoms with E-state index in [1.54, 1.807) is 16.7 Å². The Balaban J connectivity index is 0.00000196. The molecule has 1 saturated heterocycles. The first-order valence-corrected chi connectivity index (χ1v) is 8.69. The third-order valence-electron chi connectivity index (χ3n) is 5.06. The smallest absolute Gasteiger partial charge is 0.258 e. The van der Waals surface area contributed by atoms with Gasteiger partial charge in [-0.25, -0.2) is 4.98 Å². The number of benzene rings is 1. The van der Waals surface area contributed by atoms with E-state index in [0.29, 0.717) is 30.6 Å². The van der Waals surface area contributed by atoms with Gasteiger partial charge in [-0.2, -0.15) is 0 Å². The molecule has 5 nitrogen and oxygen atoms in total. The lowest BCUT2D eigenvalue weighted by atomic mass is 9.89. The van der Waals surface area contributed by atoms with Gasteiger partial charge in [-0.15, -0.1) is 12.4 Å². The van der Waals surface area contributed by atoms with E-state index in [0.717, 1.165) is 18.8 Å². The summed E-state index contributed by atoms with van der Waals surface area (Å²) < 4.78 is 1.57. The third-order valence-corrected chi connectivity index (χ3v) is 5.06. The van der Waals surface area contributed by atoms with Crippen molar-refractivity contribution in [3.8, 4) is 0 Å². The number of nitrogens with two attached hydrogens (primary N) is 1. The van der Waals surface area contributed by atoms with Crippen LogP contribution in [0.25, 0.3) is 5.65 Å². The fraction of sp³-hybridized carbons (Fsp3) is 0.300. The van der Waals surface area contributed by atoms with E-state index in [9.17, 15) is 4.79 Å². The molecule has 3 heterocycles. The Bertz CT molecular complexity index is 928. The van der Waals surface area contributed by atoms with Crippen molar-refractivity contribution in [2.24, 2.45) is 11.7 Å². The van der Waals surface area contributed by atoms with Crippen LogP contribution in [0.3, 0.4) is 0 Å². The van der Waals surface area contributed by atoms with E-state index in [-0.39, 0.29) is 18.0 Å². The van der Waals surface area contributed by atoms with Gasteiger partial charge in [0.1, 0.15) is 5.65 Å². The molecular formula is C20H23ClN4O. The molecule has 26 heavy (non-hydrogen) atoms. The van der Waals surface area contributed by atoms with Crippen LogP contribution in [-0.4, -0.2) is 33.9 Å². The van der Waals surface area contributed by atoms with E-state index >= 15 is 0 Å². The number of hydrogen-bond acceptors (Lipinski definition) is 4. The Morgan fingerprint density at radius 3 is 2.62 bits per heavy atom. The summed E-state index contributed by atoms with van der Waals surface area (Å²) >= 11 is 0. The van der Waals surface area contributed by atoms with Crippen LogP contribution in [0.15, 0.2) is 65.6 Å². The zero-order valence-electron chi connectivity index (χ0n) is 14.5. The van der Waals surface area contributed by atoms with Gasteiger partial charge in [-0.3, -0.25) is 14.1 Å². The largest absolute Gasteiger partial charge is 0.330 e. The van der Waals surface area contributed by atoms with Gasteiger partial charge in [-0.1, -0.05) is 36.4 Å². The lowest BCUT2D eigenvalue weighted by Crippen LogP contribution is -2.25. The van der Waals surface area contributed by atoms with Crippen molar-refractivity contribution in [3.63, 3.8) is 0 Å². The van der Waals surface area contributed by atoms with Gasteiger partial charge >= 0.3 is 0 Å². The minimum atomic E-state index is -0.0326. The zero-order valence-corrected chi connectivity index (χ0v) is 15.3. The van der Waals surface area contributed by atoms with E-state index in [1.165, 1.54) is 5.56 Å². The number of aromatic nitrogens is 2. The average Bonchev–Trinajstić information content (AvgIpc) is 3.05. The Morgan fingerprint density at radius 1 is 1.08 bits per heavy atom. The molecule has 1 fully saturated rings. The summed E-state index contributed by atoms with van der Waals surface area (Å²) in [7, 11) is 0. The highest BCUT2D eigenvalue weighted by atomic mass is 35.5. The number of halogens is 1. The maximum absolute atomic E-state index is 12.3. The minimum absolute atomic E-state index is 0. The second-order valence-electron chi connectivity index (χ2n) is 6.72. The van der Waals surface area contributed by atoms with Crippen molar-refractivity contribution >= 4 is 18.1 Å². The van der Waals surface area contributed by atoms with Crippen LogP contribution in [0, 0.1) is 5.92 Å². The topological polar surface area (TPSA) is 63.6 Å². The quantitative estimate of drug-likeness (QED) is 0.765. The van der Waals surface area contributed by atoms with Crippen LogP contribution >= 0.6 is 12.4 Å². The highest BCUT2D eigenvalue weighted by molar-refractivity contribution is 5.85. The summed E-state index contributed by atoms with van der Waals surface area (Å²) in [6.07, 6.45) is 1.75. The zero-order chi connectivity index (χ0) is 17.2. The summed E-state index contributed by atoms with van der Waals surface area (Å²) in [5.41, 5.74) is 8.84. The van der Waals surface area contributed by atoms with Gasteiger partial charge < -0.3 is 5.73 Å². The second kappa shape index (κ2) is 7.99. The summed E-state index contributed by atoms with van der Waals surface area (Å²) in [4.78, 5) is 19.3. The molecule has 0 amide bonds. The molecule has 0 unspecified atom stereocenters. The minimum Gasteiger partial charge on any atom is -0.330 e. The SMILES string of the molecule is Cl.NC[C@@H]1CN(Cc2cc(=O)n3ccccc3n2)C[C@H]1c1ccccc1. The molecule has 0 bridgehead atoms. The Kier molecular flexibility index (Phi) is 5.71. The van der Waals surface area contributed by atoms with Crippen molar-refractivity contribution in [1.29, 1.82) is 0 Å². The van der Waals surface area contributed by atoms with Crippen molar-refractivity contribution in [3.05, 3.63) is 82.4 Å². The molecule has 4 rings (SSSR count). The van der Waals surface area contributed by atoms with Crippen molar-refractivity contribution in [2.45, 2.75) is 12.5 Å². The molecule has 6 heteroatoms. The molecule has 0 saturated carbocycles. The Hall–Kier alpha value is -2.21. The van der Waals surface area contributed by atoms with E-state index < -0.39 is 0 Å². The first kappa shape index (κ1) is 18.6. The van der Waals surface area contributed by atoms with Crippen LogP contribution in [0.5, 0.6) is 0 Å². The summed E-state index contributed by atoms with van der Waals surface area (Å²) in [5.74, 6) is 0.872. The molecule has 0 aliphatic carbocycles. The lowest BCUT2D eigenvalue weighted by molar-refractivity contribution is 0.313.